The van der Waals surface area contributed by atoms with Gasteiger partial charge in [0.1, 0.15) is 6.10 Å². The third kappa shape index (κ3) is 3.70. The molecule has 2 aliphatic heterocycles. The lowest BCUT2D eigenvalue weighted by atomic mass is 9.88. The number of ether oxygens (including phenoxy) is 2. The first-order valence-corrected chi connectivity index (χ1v) is 12.3. The van der Waals surface area contributed by atoms with Crippen LogP contribution in [-0.2, 0) is 14.3 Å². The number of nitrogens with one attached hydrogen (secondary N) is 1. The first-order chi connectivity index (χ1) is 16.6. The molecule has 3 fully saturated rings. The number of nitrogens with zero attached hydrogens (tertiary/aromatic N) is 1. The van der Waals surface area contributed by atoms with Crippen molar-refractivity contribution >= 4 is 22.8 Å². The summed E-state index contributed by atoms with van der Waals surface area (Å²) in [6.45, 7) is 2.44. The Morgan fingerprint density at radius 1 is 1.09 bits per heavy atom. The standard InChI is InChI=1S/C28H30N2O4/c1-33-27(32)21-9-8-20-15-23(29-24(20)16-21)19-6-4-18(5-7-19)22-17-28(22)10-12-30(13-11-28)26(31)25-3-2-14-34-25/h4-9,15-16,22,25,29H,2-3,10-14,17H2,1H3/t22?,25-/m1/s1. The summed E-state index contributed by atoms with van der Waals surface area (Å²) in [7, 11) is 1.40. The fourth-order valence-electron chi connectivity index (χ4n) is 5.94. The quantitative estimate of drug-likeness (QED) is 0.565. The van der Waals surface area contributed by atoms with Gasteiger partial charge in [-0.05, 0) is 72.8 Å². The third-order valence-electron chi connectivity index (χ3n) is 8.13. The molecule has 34 heavy (non-hydrogen) atoms. The molecule has 3 heterocycles. The van der Waals surface area contributed by atoms with E-state index < -0.39 is 0 Å². The van der Waals surface area contributed by atoms with Gasteiger partial charge in [0.25, 0.3) is 5.91 Å². The van der Waals surface area contributed by atoms with E-state index in [2.05, 4.69) is 35.3 Å². The van der Waals surface area contributed by atoms with Crippen molar-refractivity contribution in [3.63, 3.8) is 0 Å². The molecule has 2 atom stereocenters. The zero-order valence-electron chi connectivity index (χ0n) is 19.5. The van der Waals surface area contributed by atoms with Gasteiger partial charge in [-0.1, -0.05) is 30.3 Å². The zero-order chi connectivity index (χ0) is 23.3. The van der Waals surface area contributed by atoms with Crippen LogP contribution in [0.25, 0.3) is 22.2 Å². The highest BCUT2D eigenvalue weighted by Crippen LogP contribution is 2.65. The number of carbonyl (C=O) groups is 2. The second-order valence-corrected chi connectivity index (χ2v) is 10.0. The summed E-state index contributed by atoms with van der Waals surface area (Å²) in [5.74, 6) is 0.459. The number of H-pyrrole nitrogens is 1. The number of likely N-dealkylation sites (tertiary alicyclic amines) is 1. The molecule has 6 rings (SSSR count). The van der Waals surface area contributed by atoms with Crippen LogP contribution >= 0.6 is 0 Å². The van der Waals surface area contributed by atoms with Gasteiger partial charge in [-0.2, -0.15) is 0 Å². The summed E-state index contributed by atoms with van der Waals surface area (Å²) in [5, 5.41) is 1.07. The summed E-state index contributed by atoms with van der Waals surface area (Å²) >= 11 is 0. The molecule has 1 saturated carbocycles. The van der Waals surface area contributed by atoms with Crippen LogP contribution in [0.15, 0.2) is 48.5 Å². The van der Waals surface area contributed by atoms with Crippen LogP contribution < -0.4 is 0 Å². The largest absolute Gasteiger partial charge is 0.465 e. The van der Waals surface area contributed by atoms with E-state index in [4.69, 9.17) is 9.47 Å². The Hall–Kier alpha value is -3.12. The Labute approximate surface area is 199 Å². The van der Waals surface area contributed by atoms with Crippen LogP contribution in [0.1, 0.15) is 53.9 Å². The van der Waals surface area contributed by atoms with Crippen molar-refractivity contribution in [2.75, 3.05) is 26.8 Å². The lowest BCUT2D eigenvalue weighted by molar-refractivity contribution is -0.142. The lowest BCUT2D eigenvalue weighted by Gasteiger charge is -2.34. The molecule has 0 radical (unpaired) electrons. The van der Waals surface area contributed by atoms with Crippen molar-refractivity contribution in [1.82, 2.24) is 9.88 Å². The number of methoxy groups -OCH3 is 1. The Morgan fingerprint density at radius 2 is 1.88 bits per heavy atom. The summed E-state index contributed by atoms with van der Waals surface area (Å²) in [4.78, 5) is 29.9. The maximum absolute atomic E-state index is 12.7. The van der Waals surface area contributed by atoms with Gasteiger partial charge in [-0.15, -0.1) is 0 Å². The molecular formula is C28H30N2O4. The molecule has 176 valence electrons. The lowest BCUT2D eigenvalue weighted by Crippen LogP contribution is -2.44. The smallest absolute Gasteiger partial charge is 0.337 e. The number of piperidine rings is 1. The van der Waals surface area contributed by atoms with Gasteiger partial charge in [0.2, 0.25) is 0 Å². The van der Waals surface area contributed by atoms with Crippen molar-refractivity contribution in [2.24, 2.45) is 5.41 Å². The number of esters is 1. The van der Waals surface area contributed by atoms with Crippen molar-refractivity contribution in [1.29, 1.82) is 0 Å². The normalized spacial score (nSPS) is 23.4. The minimum atomic E-state index is -0.331. The summed E-state index contributed by atoms with van der Waals surface area (Å²) < 4.78 is 10.4. The average molecular weight is 459 g/mol. The van der Waals surface area contributed by atoms with Crippen LogP contribution in [0.5, 0.6) is 0 Å². The summed E-state index contributed by atoms with van der Waals surface area (Å²) in [6, 6.07) is 16.6. The number of fused-ring (bicyclic) bond motifs is 1. The molecule has 3 aromatic rings. The molecule has 0 bridgehead atoms. The van der Waals surface area contributed by atoms with Crippen molar-refractivity contribution < 1.29 is 19.1 Å². The van der Waals surface area contributed by atoms with E-state index in [0.717, 1.165) is 67.5 Å². The van der Waals surface area contributed by atoms with E-state index in [1.165, 1.54) is 19.1 Å². The SMILES string of the molecule is COC(=O)c1ccc2cc(-c3ccc(C4CC45CCN(C(=O)[C@H]4CCCO4)CC5)cc3)[nH]c2c1. The van der Waals surface area contributed by atoms with Gasteiger partial charge in [0.05, 0.1) is 12.7 Å². The Kier molecular flexibility index (Phi) is 5.21. The molecule has 1 N–H and O–H groups in total. The number of carbonyl (C=O) groups excluding carboxylic acids is 2. The highest BCUT2D eigenvalue weighted by atomic mass is 16.5. The Balaban J connectivity index is 1.12. The van der Waals surface area contributed by atoms with Gasteiger partial charge in [-0.25, -0.2) is 4.79 Å². The van der Waals surface area contributed by atoms with Gasteiger partial charge in [0, 0.05) is 36.3 Å². The molecule has 2 saturated heterocycles. The Morgan fingerprint density at radius 3 is 2.59 bits per heavy atom. The molecule has 6 nitrogen and oxygen atoms in total. The van der Waals surface area contributed by atoms with E-state index in [9.17, 15) is 9.59 Å². The highest BCUT2D eigenvalue weighted by molar-refractivity contribution is 5.95. The van der Waals surface area contributed by atoms with Crippen LogP contribution in [-0.4, -0.2) is 54.7 Å². The fraction of sp³-hybridized carbons (Fsp3) is 0.429. The monoisotopic (exact) mass is 458 g/mol. The van der Waals surface area contributed by atoms with Gasteiger partial charge in [-0.3, -0.25) is 4.79 Å². The zero-order valence-corrected chi connectivity index (χ0v) is 19.5. The average Bonchev–Trinajstić information content (AvgIpc) is 3.25. The van der Waals surface area contributed by atoms with E-state index in [0.29, 0.717) is 16.9 Å². The van der Waals surface area contributed by atoms with Crippen molar-refractivity contribution in [3.05, 3.63) is 59.7 Å². The van der Waals surface area contributed by atoms with Crippen LogP contribution in [0, 0.1) is 5.41 Å². The number of rotatable bonds is 4. The molecule has 1 amide bonds. The molecule has 6 heteroatoms. The fourth-order valence-corrected chi connectivity index (χ4v) is 5.94. The number of hydrogen-bond acceptors (Lipinski definition) is 4. The van der Waals surface area contributed by atoms with Gasteiger partial charge >= 0.3 is 5.97 Å². The van der Waals surface area contributed by atoms with E-state index in [1.807, 2.05) is 17.0 Å². The van der Waals surface area contributed by atoms with E-state index in [-0.39, 0.29) is 18.0 Å². The molecule has 1 spiro atoms. The summed E-state index contributed by atoms with van der Waals surface area (Å²) in [6.07, 6.45) is 5.06. The second-order valence-electron chi connectivity index (χ2n) is 10.0. The maximum atomic E-state index is 12.7. The van der Waals surface area contributed by atoms with Crippen molar-refractivity contribution in [2.45, 2.75) is 44.1 Å². The third-order valence-corrected chi connectivity index (χ3v) is 8.13. The topological polar surface area (TPSA) is 71.6 Å². The minimum Gasteiger partial charge on any atom is -0.465 e. The van der Waals surface area contributed by atoms with E-state index >= 15 is 0 Å². The molecule has 1 aromatic heterocycles. The van der Waals surface area contributed by atoms with Crippen LogP contribution in [0.2, 0.25) is 0 Å². The number of aromatic nitrogens is 1. The van der Waals surface area contributed by atoms with Gasteiger partial charge in [0.15, 0.2) is 0 Å². The van der Waals surface area contributed by atoms with Crippen molar-refractivity contribution in [3.8, 4) is 11.3 Å². The molecule has 3 aliphatic rings. The predicted octanol–water partition coefficient (Wildman–Crippen LogP) is 4.90. The van der Waals surface area contributed by atoms with E-state index in [1.54, 1.807) is 6.07 Å². The second kappa shape index (κ2) is 8.27. The molecule has 2 aromatic carbocycles. The molecule has 1 aliphatic carbocycles. The maximum Gasteiger partial charge on any atom is 0.337 e. The number of hydrogen-bond donors (Lipinski definition) is 1. The molecule has 1 unspecified atom stereocenters. The molecular weight excluding hydrogens is 428 g/mol. The number of benzene rings is 2. The number of amides is 1. The summed E-state index contributed by atoms with van der Waals surface area (Å²) in [5.41, 5.74) is 5.39. The minimum absolute atomic E-state index is 0.200. The highest BCUT2D eigenvalue weighted by Gasteiger charge is 2.55. The predicted molar refractivity (Wildman–Crippen MR) is 130 cm³/mol. The van der Waals surface area contributed by atoms with Crippen LogP contribution in [0.4, 0.5) is 0 Å². The van der Waals surface area contributed by atoms with Gasteiger partial charge < -0.3 is 19.4 Å². The first kappa shape index (κ1) is 21.4. The van der Waals surface area contributed by atoms with Crippen LogP contribution in [0.3, 0.4) is 0 Å². The number of aromatic amines is 1. The first-order valence-electron chi connectivity index (χ1n) is 12.3. The Bertz CT molecular complexity index is 1230.